The number of hydrogen-bond donors (Lipinski definition) is 1. The van der Waals surface area contributed by atoms with Crippen LogP contribution < -0.4 is 10.1 Å². The number of carbonyl (C=O) groups is 2. The van der Waals surface area contributed by atoms with Gasteiger partial charge in [-0.1, -0.05) is 12.1 Å². The summed E-state index contributed by atoms with van der Waals surface area (Å²) in [4.78, 5) is 28.6. The lowest BCUT2D eigenvalue weighted by Gasteiger charge is -2.37. The van der Waals surface area contributed by atoms with Crippen molar-refractivity contribution >= 4 is 24.2 Å². The molecule has 0 aromatic heterocycles. The maximum atomic E-state index is 12.7. The molecule has 1 N–H and O–H groups in total. The molecule has 2 fully saturated rings. The number of rotatable bonds is 4. The van der Waals surface area contributed by atoms with E-state index in [4.69, 9.17) is 0 Å². The predicted octanol–water partition coefficient (Wildman–Crippen LogP) is 1.99. The van der Waals surface area contributed by atoms with E-state index in [0.717, 1.165) is 25.9 Å². The van der Waals surface area contributed by atoms with Gasteiger partial charge in [0.1, 0.15) is 5.75 Å². The van der Waals surface area contributed by atoms with Crippen LogP contribution in [-0.2, 0) is 4.79 Å². The first kappa shape index (κ1) is 21.4. The summed E-state index contributed by atoms with van der Waals surface area (Å²) in [5.74, 6) is -0.269. The van der Waals surface area contributed by atoms with E-state index >= 15 is 0 Å². The van der Waals surface area contributed by atoms with Gasteiger partial charge >= 0.3 is 6.61 Å². The van der Waals surface area contributed by atoms with E-state index in [1.165, 1.54) is 12.1 Å². The average Bonchev–Trinajstić information content (AvgIpc) is 2.68. The molecule has 1 aromatic rings. The van der Waals surface area contributed by atoms with Crippen LogP contribution >= 0.6 is 12.4 Å². The minimum atomic E-state index is -2.98. The zero-order valence-electron chi connectivity index (χ0n) is 14.9. The molecule has 0 bridgehead atoms. The first-order valence-electron chi connectivity index (χ1n) is 8.89. The van der Waals surface area contributed by atoms with Gasteiger partial charge in [0.05, 0.1) is 5.56 Å². The normalized spacial score (nSPS) is 18.2. The van der Waals surface area contributed by atoms with Crippen LogP contribution in [0.2, 0.25) is 0 Å². The Morgan fingerprint density at radius 1 is 1.04 bits per heavy atom. The Labute approximate surface area is 163 Å². The Hall–Kier alpha value is -1.93. The standard InChI is InChI=1S/C18H23F2N3O3.ClH/c19-18(20)26-15-4-2-1-3-14(15)17(25)23-11-9-22(10-12-23)16(24)13-5-7-21-8-6-13;/h1-4,13,18,21H,5-12H2;1H. The molecule has 3 rings (SSSR count). The maximum Gasteiger partial charge on any atom is 0.387 e. The third-order valence-corrected chi connectivity index (χ3v) is 4.90. The van der Waals surface area contributed by atoms with Crippen molar-refractivity contribution in [2.75, 3.05) is 39.3 Å². The molecule has 27 heavy (non-hydrogen) atoms. The molecule has 150 valence electrons. The number of nitrogens with zero attached hydrogens (tertiary/aromatic N) is 2. The molecule has 2 aliphatic rings. The Bertz CT molecular complexity index is 648. The van der Waals surface area contributed by atoms with Gasteiger partial charge in [-0.2, -0.15) is 8.78 Å². The summed E-state index contributed by atoms with van der Waals surface area (Å²) < 4.78 is 29.5. The molecule has 0 unspecified atom stereocenters. The number of carbonyl (C=O) groups excluding carboxylic acids is 2. The summed E-state index contributed by atoms with van der Waals surface area (Å²) in [7, 11) is 0. The van der Waals surface area contributed by atoms with Gasteiger partial charge in [0.15, 0.2) is 0 Å². The molecule has 2 saturated heterocycles. The van der Waals surface area contributed by atoms with Gasteiger partial charge in [-0.3, -0.25) is 9.59 Å². The highest BCUT2D eigenvalue weighted by Gasteiger charge is 2.30. The number of benzene rings is 1. The SMILES string of the molecule is Cl.O=C(c1ccccc1OC(F)F)N1CCN(C(=O)C2CCNCC2)CC1. The molecule has 1 aromatic carbocycles. The highest BCUT2D eigenvalue weighted by molar-refractivity contribution is 5.97. The number of ether oxygens (including phenoxy) is 1. The predicted molar refractivity (Wildman–Crippen MR) is 98.4 cm³/mol. The van der Waals surface area contributed by atoms with Crippen LogP contribution in [0, 0.1) is 5.92 Å². The highest BCUT2D eigenvalue weighted by atomic mass is 35.5. The monoisotopic (exact) mass is 403 g/mol. The molecule has 2 heterocycles. The van der Waals surface area contributed by atoms with Crippen molar-refractivity contribution in [3.8, 4) is 5.75 Å². The third kappa shape index (κ3) is 5.29. The van der Waals surface area contributed by atoms with Crippen LogP contribution in [0.3, 0.4) is 0 Å². The van der Waals surface area contributed by atoms with Crippen molar-refractivity contribution in [2.24, 2.45) is 5.92 Å². The largest absolute Gasteiger partial charge is 0.434 e. The number of hydrogen-bond acceptors (Lipinski definition) is 4. The number of amides is 2. The van der Waals surface area contributed by atoms with Gasteiger partial charge in [-0.15, -0.1) is 12.4 Å². The fraction of sp³-hybridized carbons (Fsp3) is 0.556. The smallest absolute Gasteiger partial charge is 0.387 e. The zero-order chi connectivity index (χ0) is 18.5. The number of piperidine rings is 1. The Kier molecular flexibility index (Phi) is 7.79. The minimum Gasteiger partial charge on any atom is -0.434 e. The van der Waals surface area contributed by atoms with Gasteiger partial charge in [0.25, 0.3) is 5.91 Å². The Morgan fingerprint density at radius 3 is 2.26 bits per heavy atom. The van der Waals surface area contributed by atoms with Gasteiger partial charge in [0, 0.05) is 32.1 Å². The van der Waals surface area contributed by atoms with Crippen LogP contribution in [0.4, 0.5) is 8.78 Å². The maximum absolute atomic E-state index is 12.7. The summed E-state index contributed by atoms with van der Waals surface area (Å²) in [6.45, 7) is 0.435. The van der Waals surface area contributed by atoms with Crippen molar-refractivity contribution in [3.63, 3.8) is 0 Å². The van der Waals surface area contributed by atoms with Gasteiger partial charge in [0.2, 0.25) is 5.91 Å². The molecule has 0 spiro atoms. The number of nitrogens with one attached hydrogen (secondary N) is 1. The summed E-state index contributed by atoms with van der Waals surface area (Å²) in [6.07, 6.45) is 1.69. The summed E-state index contributed by atoms with van der Waals surface area (Å²) in [6, 6.07) is 6.00. The van der Waals surface area contributed by atoms with Crippen molar-refractivity contribution in [1.29, 1.82) is 0 Å². The van der Waals surface area contributed by atoms with Crippen molar-refractivity contribution < 1.29 is 23.1 Å². The van der Waals surface area contributed by atoms with Gasteiger partial charge < -0.3 is 19.9 Å². The van der Waals surface area contributed by atoms with Crippen LogP contribution in [0.15, 0.2) is 24.3 Å². The molecule has 9 heteroatoms. The first-order chi connectivity index (χ1) is 12.6. The summed E-state index contributed by atoms with van der Waals surface area (Å²) in [5.41, 5.74) is 0.117. The molecule has 0 aliphatic carbocycles. The van der Waals surface area contributed by atoms with E-state index in [1.807, 2.05) is 0 Å². The molecular formula is C18H24ClF2N3O3. The van der Waals surface area contributed by atoms with E-state index in [9.17, 15) is 18.4 Å². The minimum absolute atomic E-state index is 0. The number of para-hydroxylation sites is 1. The van der Waals surface area contributed by atoms with E-state index in [2.05, 4.69) is 10.1 Å². The van der Waals surface area contributed by atoms with E-state index in [-0.39, 0.29) is 41.5 Å². The fourth-order valence-electron chi connectivity index (χ4n) is 3.47. The van der Waals surface area contributed by atoms with Crippen molar-refractivity contribution in [3.05, 3.63) is 29.8 Å². The second kappa shape index (κ2) is 9.85. The van der Waals surface area contributed by atoms with Crippen LogP contribution in [-0.4, -0.2) is 67.5 Å². The lowest BCUT2D eigenvalue weighted by molar-refractivity contribution is -0.137. The van der Waals surface area contributed by atoms with E-state index in [1.54, 1.807) is 21.9 Å². The van der Waals surface area contributed by atoms with Crippen molar-refractivity contribution in [2.45, 2.75) is 19.5 Å². The molecule has 0 saturated carbocycles. The fourth-order valence-corrected chi connectivity index (χ4v) is 3.47. The average molecular weight is 404 g/mol. The molecule has 6 nitrogen and oxygen atoms in total. The molecular weight excluding hydrogens is 380 g/mol. The lowest BCUT2D eigenvalue weighted by Crippen LogP contribution is -2.52. The quantitative estimate of drug-likeness (QED) is 0.835. The molecule has 2 amide bonds. The Morgan fingerprint density at radius 2 is 1.63 bits per heavy atom. The summed E-state index contributed by atoms with van der Waals surface area (Å²) >= 11 is 0. The number of alkyl halides is 2. The van der Waals surface area contributed by atoms with Crippen LogP contribution in [0.1, 0.15) is 23.2 Å². The summed E-state index contributed by atoms with van der Waals surface area (Å²) in [5, 5.41) is 3.24. The van der Waals surface area contributed by atoms with E-state index in [0.29, 0.717) is 26.2 Å². The Balaban J connectivity index is 0.00000261. The third-order valence-electron chi connectivity index (χ3n) is 4.90. The zero-order valence-corrected chi connectivity index (χ0v) is 15.7. The van der Waals surface area contributed by atoms with Gasteiger partial charge in [-0.05, 0) is 38.1 Å². The van der Waals surface area contributed by atoms with Crippen LogP contribution in [0.25, 0.3) is 0 Å². The second-order valence-corrected chi connectivity index (χ2v) is 6.52. The van der Waals surface area contributed by atoms with E-state index < -0.39 is 6.61 Å². The first-order valence-corrected chi connectivity index (χ1v) is 8.89. The molecule has 0 radical (unpaired) electrons. The highest BCUT2D eigenvalue weighted by Crippen LogP contribution is 2.23. The van der Waals surface area contributed by atoms with Crippen LogP contribution in [0.5, 0.6) is 5.75 Å². The topological polar surface area (TPSA) is 61.9 Å². The number of piperazine rings is 1. The molecule has 2 aliphatic heterocycles. The molecule has 0 atom stereocenters. The second-order valence-electron chi connectivity index (χ2n) is 6.52. The number of halogens is 3. The lowest BCUT2D eigenvalue weighted by atomic mass is 9.96. The van der Waals surface area contributed by atoms with Gasteiger partial charge in [-0.25, -0.2) is 0 Å². The van der Waals surface area contributed by atoms with Crippen molar-refractivity contribution in [1.82, 2.24) is 15.1 Å².